The fourth-order valence-electron chi connectivity index (χ4n) is 2.50. The van der Waals surface area contributed by atoms with Crippen molar-refractivity contribution >= 4 is 51.5 Å². The van der Waals surface area contributed by atoms with Crippen molar-refractivity contribution in [2.24, 2.45) is 4.99 Å². The van der Waals surface area contributed by atoms with Crippen molar-refractivity contribution < 1.29 is 8.42 Å². The Morgan fingerprint density at radius 3 is 2.41 bits per heavy atom. The fourth-order valence-corrected chi connectivity index (χ4v) is 4.25. The highest BCUT2D eigenvalue weighted by Crippen LogP contribution is 2.17. The summed E-state index contributed by atoms with van der Waals surface area (Å²) in [4.78, 5) is 5.84. The highest BCUT2D eigenvalue weighted by Gasteiger charge is 2.10. The van der Waals surface area contributed by atoms with Gasteiger partial charge in [-0.15, -0.1) is 35.7 Å². The van der Waals surface area contributed by atoms with Gasteiger partial charge in [-0.1, -0.05) is 30.3 Å². The maximum absolute atomic E-state index is 11.7. The number of halogens is 1. The van der Waals surface area contributed by atoms with Crippen molar-refractivity contribution in [2.75, 3.05) is 25.6 Å². The Kier molecular flexibility index (Phi) is 10.2. The second-order valence-electron chi connectivity index (χ2n) is 5.89. The molecule has 148 valence electrons. The molecule has 0 unspecified atom stereocenters. The molecular weight excluding hydrogens is 493 g/mol. The maximum atomic E-state index is 11.7. The predicted octanol–water partition coefficient (Wildman–Crippen LogP) is 3.47. The second kappa shape index (κ2) is 11.6. The first-order valence-electron chi connectivity index (χ1n) is 8.32. The van der Waals surface area contributed by atoms with Crippen LogP contribution in [0.25, 0.3) is 0 Å². The molecule has 0 bridgehead atoms. The molecule has 0 heterocycles. The number of aryl methyl sites for hydroxylation is 1. The molecule has 27 heavy (non-hydrogen) atoms. The van der Waals surface area contributed by atoms with Gasteiger partial charge in [0.25, 0.3) is 0 Å². The van der Waals surface area contributed by atoms with Crippen LogP contribution in [0.1, 0.15) is 11.1 Å². The lowest BCUT2D eigenvalue weighted by molar-refractivity contribution is 0.601. The van der Waals surface area contributed by atoms with E-state index < -0.39 is 9.84 Å². The Hall–Kier alpha value is -1.26. The molecule has 0 amide bonds. The maximum Gasteiger partial charge on any atom is 0.191 e. The van der Waals surface area contributed by atoms with Crippen molar-refractivity contribution in [1.29, 1.82) is 0 Å². The summed E-state index contributed by atoms with van der Waals surface area (Å²) in [6, 6.07) is 15.7. The number of nitrogens with zero attached hydrogens (tertiary/aromatic N) is 1. The summed E-state index contributed by atoms with van der Waals surface area (Å²) in [5, 5.41) is 6.53. The molecule has 2 N–H and O–H groups in total. The van der Waals surface area contributed by atoms with Gasteiger partial charge in [0.15, 0.2) is 15.8 Å². The van der Waals surface area contributed by atoms with Gasteiger partial charge in [-0.3, -0.25) is 4.99 Å². The number of benzene rings is 2. The summed E-state index contributed by atoms with van der Waals surface area (Å²) in [6.45, 7) is 3.19. The minimum atomic E-state index is -3.18. The van der Waals surface area contributed by atoms with E-state index in [1.165, 1.54) is 11.2 Å². The molecule has 2 aromatic carbocycles. The Bertz CT molecular complexity index is 857. The monoisotopic (exact) mass is 519 g/mol. The molecule has 2 rings (SSSR count). The first-order valence-corrected chi connectivity index (χ1v) is 11.2. The van der Waals surface area contributed by atoms with Gasteiger partial charge >= 0.3 is 0 Å². The summed E-state index contributed by atoms with van der Waals surface area (Å²) in [6.07, 6.45) is 1.23. The molecule has 0 fully saturated rings. The molecule has 0 saturated heterocycles. The molecule has 8 heteroatoms. The SMILES string of the molecule is CN=C(NCCSc1ccccc1)NCc1ccc(S(C)(=O)=O)c(C)c1.I. The third kappa shape index (κ3) is 8.10. The normalized spacial score (nSPS) is 11.6. The average molecular weight is 519 g/mol. The summed E-state index contributed by atoms with van der Waals surface area (Å²) in [5.74, 6) is 1.66. The lowest BCUT2D eigenvalue weighted by atomic mass is 10.1. The number of rotatable bonds is 7. The summed E-state index contributed by atoms with van der Waals surface area (Å²) in [7, 11) is -1.45. The summed E-state index contributed by atoms with van der Waals surface area (Å²) in [5.41, 5.74) is 1.77. The van der Waals surface area contributed by atoms with Gasteiger partial charge in [0.1, 0.15) is 0 Å². The standard InChI is InChI=1S/C19H25N3O2S2.HI/c1-15-13-16(9-10-18(15)26(3,23)24)14-22-19(20-2)21-11-12-25-17-7-5-4-6-8-17;/h4-10,13H,11-12,14H2,1-3H3,(H2,20,21,22);1H. The molecule has 0 radical (unpaired) electrons. The van der Waals surface area contributed by atoms with Crippen LogP contribution in [0.2, 0.25) is 0 Å². The van der Waals surface area contributed by atoms with Crippen LogP contribution in [-0.2, 0) is 16.4 Å². The average Bonchev–Trinajstić information content (AvgIpc) is 2.61. The van der Waals surface area contributed by atoms with E-state index in [9.17, 15) is 8.42 Å². The lowest BCUT2D eigenvalue weighted by Crippen LogP contribution is -2.37. The smallest absolute Gasteiger partial charge is 0.191 e. The van der Waals surface area contributed by atoms with Crippen molar-refractivity contribution in [1.82, 2.24) is 10.6 Å². The quantitative estimate of drug-likeness (QED) is 0.193. The minimum absolute atomic E-state index is 0. The van der Waals surface area contributed by atoms with Crippen LogP contribution in [0.5, 0.6) is 0 Å². The van der Waals surface area contributed by atoms with Crippen molar-refractivity contribution in [3.05, 3.63) is 59.7 Å². The van der Waals surface area contributed by atoms with Crippen LogP contribution in [0.3, 0.4) is 0 Å². The van der Waals surface area contributed by atoms with Crippen LogP contribution in [0, 0.1) is 6.92 Å². The van der Waals surface area contributed by atoms with Crippen molar-refractivity contribution in [2.45, 2.75) is 23.3 Å². The summed E-state index contributed by atoms with van der Waals surface area (Å²) >= 11 is 1.79. The molecule has 2 aromatic rings. The molecular formula is C19H26IN3O2S2. The van der Waals surface area contributed by atoms with E-state index in [-0.39, 0.29) is 24.0 Å². The largest absolute Gasteiger partial charge is 0.356 e. The Morgan fingerprint density at radius 1 is 1.11 bits per heavy atom. The van der Waals surface area contributed by atoms with Crippen LogP contribution in [0.15, 0.2) is 63.3 Å². The number of hydrogen-bond acceptors (Lipinski definition) is 4. The van der Waals surface area contributed by atoms with E-state index in [0.29, 0.717) is 11.4 Å². The van der Waals surface area contributed by atoms with E-state index in [1.54, 1.807) is 24.9 Å². The van der Waals surface area contributed by atoms with Gasteiger partial charge in [0.2, 0.25) is 0 Å². The zero-order valence-corrected chi connectivity index (χ0v) is 19.7. The number of guanidine groups is 1. The molecule has 0 aromatic heterocycles. The Labute approximate surface area is 183 Å². The van der Waals surface area contributed by atoms with Crippen molar-refractivity contribution in [3.8, 4) is 0 Å². The van der Waals surface area contributed by atoms with Crippen LogP contribution < -0.4 is 10.6 Å². The van der Waals surface area contributed by atoms with Gasteiger partial charge in [-0.05, 0) is 36.2 Å². The van der Waals surface area contributed by atoms with Gasteiger partial charge in [-0.25, -0.2) is 8.42 Å². The molecule has 5 nitrogen and oxygen atoms in total. The van der Waals surface area contributed by atoms with Crippen LogP contribution in [0.4, 0.5) is 0 Å². The van der Waals surface area contributed by atoms with Gasteiger partial charge in [0.05, 0.1) is 4.90 Å². The van der Waals surface area contributed by atoms with Gasteiger partial charge < -0.3 is 10.6 Å². The topological polar surface area (TPSA) is 70.6 Å². The van der Waals surface area contributed by atoms with E-state index >= 15 is 0 Å². The number of thioether (sulfide) groups is 1. The van der Waals surface area contributed by atoms with E-state index in [4.69, 9.17) is 0 Å². The zero-order chi connectivity index (χ0) is 19.0. The zero-order valence-electron chi connectivity index (χ0n) is 15.7. The number of nitrogens with one attached hydrogen (secondary N) is 2. The van der Waals surface area contributed by atoms with E-state index in [1.807, 2.05) is 37.3 Å². The van der Waals surface area contributed by atoms with E-state index in [2.05, 4.69) is 27.8 Å². The highest BCUT2D eigenvalue weighted by atomic mass is 127. The van der Waals surface area contributed by atoms with Crippen LogP contribution in [-0.4, -0.2) is 40.0 Å². The molecule has 0 saturated carbocycles. The molecule has 0 aliphatic heterocycles. The number of hydrogen-bond donors (Lipinski definition) is 2. The van der Waals surface area contributed by atoms with Gasteiger partial charge in [-0.2, -0.15) is 0 Å². The molecule has 0 aliphatic carbocycles. The second-order valence-corrected chi connectivity index (χ2v) is 9.04. The Balaban J connectivity index is 0.00000364. The van der Waals surface area contributed by atoms with E-state index in [0.717, 1.165) is 29.4 Å². The number of aliphatic imine (C=N–C) groups is 1. The van der Waals surface area contributed by atoms with Gasteiger partial charge in [0, 0.05) is 37.0 Å². The van der Waals surface area contributed by atoms with Crippen LogP contribution >= 0.6 is 35.7 Å². The third-order valence-corrected chi connectivity index (χ3v) is 6.00. The first-order chi connectivity index (χ1) is 12.4. The highest BCUT2D eigenvalue weighted by molar-refractivity contribution is 14.0. The first kappa shape index (κ1) is 23.8. The molecule has 0 atom stereocenters. The predicted molar refractivity (Wildman–Crippen MR) is 125 cm³/mol. The Morgan fingerprint density at radius 2 is 1.81 bits per heavy atom. The molecule has 0 spiro atoms. The molecule has 0 aliphatic rings. The number of sulfone groups is 1. The van der Waals surface area contributed by atoms with Crippen molar-refractivity contribution in [3.63, 3.8) is 0 Å². The summed E-state index contributed by atoms with van der Waals surface area (Å²) < 4.78 is 23.4. The third-order valence-electron chi connectivity index (χ3n) is 3.73. The minimum Gasteiger partial charge on any atom is -0.356 e. The lowest BCUT2D eigenvalue weighted by Gasteiger charge is -2.13. The fraction of sp³-hybridized carbons (Fsp3) is 0.316.